The zero-order valence-electron chi connectivity index (χ0n) is 8.86. The summed E-state index contributed by atoms with van der Waals surface area (Å²) >= 11 is 0. The monoisotopic (exact) mass is 203 g/mol. The van der Waals surface area contributed by atoms with Crippen LogP contribution in [-0.2, 0) is 11.2 Å². The molecule has 0 N–H and O–H groups in total. The standard InChI is InChI=1S/C12H13NO2/c1-9(2)15-12(14)11-6-4-3-5-10(11)7-8-13/h3-6,9H,7H2,1-2H3. The van der Waals surface area contributed by atoms with E-state index in [1.54, 1.807) is 38.1 Å². The van der Waals surface area contributed by atoms with E-state index in [0.29, 0.717) is 11.1 Å². The molecule has 0 atom stereocenters. The highest BCUT2D eigenvalue weighted by atomic mass is 16.5. The van der Waals surface area contributed by atoms with Gasteiger partial charge in [-0.3, -0.25) is 0 Å². The van der Waals surface area contributed by atoms with Crippen molar-refractivity contribution in [1.82, 2.24) is 0 Å². The van der Waals surface area contributed by atoms with Gasteiger partial charge in [0.05, 0.1) is 24.2 Å². The van der Waals surface area contributed by atoms with Crippen molar-refractivity contribution in [2.45, 2.75) is 26.4 Å². The molecule has 15 heavy (non-hydrogen) atoms. The Morgan fingerprint density at radius 1 is 1.47 bits per heavy atom. The number of nitrogens with zero attached hydrogens (tertiary/aromatic N) is 1. The molecule has 0 unspecified atom stereocenters. The van der Waals surface area contributed by atoms with Crippen LogP contribution in [-0.4, -0.2) is 12.1 Å². The van der Waals surface area contributed by atoms with E-state index in [9.17, 15) is 4.79 Å². The van der Waals surface area contributed by atoms with E-state index >= 15 is 0 Å². The number of carbonyl (C=O) groups excluding carboxylic acids is 1. The second kappa shape index (κ2) is 5.16. The minimum Gasteiger partial charge on any atom is -0.459 e. The third-order valence-electron chi connectivity index (χ3n) is 1.85. The van der Waals surface area contributed by atoms with Gasteiger partial charge in [0.2, 0.25) is 0 Å². The van der Waals surface area contributed by atoms with Crippen LogP contribution in [0.4, 0.5) is 0 Å². The van der Waals surface area contributed by atoms with Gasteiger partial charge < -0.3 is 4.74 Å². The first kappa shape index (κ1) is 11.3. The fraction of sp³-hybridized carbons (Fsp3) is 0.333. The van der Waals surface area contributed by atoms with Crippen LogP contribution >= 0.6 is 0 Å². The molecule has 1 aromatic rings. The first-order valence-corrected chi connectivity index (χ1v) is 4.81. The first-order valence-electron chi connectivity index (χ1n) is 4.81. The summed E-state index contributed by atoms with van der Waals surface area (Å²) in [4.78, 5) is 11.6. The number of hydrogen-bond acceptors (Lipinski definition) is 3. The molecule has 0 aromatic heterocycles. The maximum atomic E-state index is 11.6. The van der Waals surface area contributed by atoms with E-state index in [-0.39, 0.29) is 18.5 Å². The predicted octanol–water partition coefficient (Wildman–Crippen LogP) is 2.32. The van der Waals surface area contributed by atoms with Gasteiger partial charge >= 0.3 is 5.97 Å². The van der Waals surface area contributed by atoms with Crippen LogP contribution in [0.3, 0.4) is 0 Å². The molecule has 1 aromatic carbocycles. The molecule has 0 saturated heterocycles. The highest BCUT2D eigenvalue weighted by Gasteiger charge is 2.12. The number of carbonyl (C=O) groups is 1. The summed E-state index contributed by atoms with van der Waals surface area (Å²) in [5.74, 6) is -0.365. The molecule has 3 nitrogen and oxygen atoms in total. The van der Waals surface area contributed by atoms with Gasteiger partial charge in [-0.15, -0.1) is 0 Å². The topological polar surface area (TPSA) is 50.1 Å². The van der Waals surface area contributed by atoms with Crippen LogP contribution in [0, 0.1) is 11.3 Å². The Labute approximate surface area is 89.3 Å². The maximum Gasteiger partial charge on any atom is 0.338 e. The van der Waals surface area contributed by atoms with Gasteiger partial charge in [0.15, 0.2) is 0 Å². The zero-order valence-corrected chi connectivity index (χ0v) is 8.86. The average molecular weight is 203 g/mol. The molecule has 0 saturated carbocycles. The van der Waals surface area contributed by atoms with Gasteiger partial charge in [-0.25, -0.2) is 4.79 Å². The molecule has 0 bridgehead atoms. The lowest BCUT2D eigenvalue weighted by Gasteiger charge is -2.09. The number of rotatable bonds is 3. The molecule has 0 aliphatic carbocycles. The Morgan fingerprint density at radius 3 is 2.73 bits per heavy atom. The molecule has 0 spiro atoms. The van der Waals surface area contributed by atoms with E-state index in [1.807, 2.05) is 6.07 Å². The zero-order chi connectivity index (χ0) is 11.3. The van der Waals surface area contributed by atoms with Crippen LogP contribution in [0.15, 0.2) is 24.3 Å². The maximum absolute atomic E-state index is 11.6. The Balaban J connectivity index is 2.93. The van der Waals surface area contributed by atoms with Crippen molar-refractivity contribution in [2.24, 2.45) is 0 Å². The van der Waals surface area contributed by atoms with Crippen molar-refractivity contribution in [3.63, 3.8) is 0 Å². The average Bonchev–Trinajstić information content (AvgIpc) is 2.18. The van der Waals surface area contributed by atoms with Gasteiger partial charge in [-0.05, 0) is 25.5 Å². The summed E-state index contributed by atoms with van der Waals surface area (Å²) in [5, 5.41) is 8.61. The van der Waals surface area contributed by atoms with Crippen molar-refractivity contribution in [2.75, 3.05) is 0 Å². The van der Waals surface area contributed by atoms with Crippen molar-refractivity contribution in [3.05, 3.63) is 35.4 Å². The quantitative estimate of drug-likeness (QED) is 0.708. The summed E-state index contributed by atoms with van der Waals surface area (Å²) in [5.41, 5.74) is 1.19. The lowest BCUT2D eigenvalue weighted by molar-refractivity contribution is 0.0377. The van der Waals surface area contributed by atoms with Gasteiger partial charge in [0.1, 0.15) is 0 Å². The summed E-state index contributed by atoms with van der Waals surface area (Å²) in [6.07, 6.45) is 0.0799. The normalized spacial score (nSPS) is 9.73. The highest BCUT2D eigenvalue weighted by Crippen LogP contribution is 2.11. The Kier molecular flexibility index (Phi) is 3.87. The SMILES string of the molecule is CC(C)OC(=O)c1ccccc1CC#N. The number of benzene rings is 1. The van der Waals surface area contributed by atoms with Gasteiger partial charge in [0.25, 0.3) is 0 Å². The Bertz CT molecular complexity index is 391. The summed E-state index contributed by atoms with van der Waals surface area (Å²) in [7, 11) is 0. The molecule has 0 radical (unpaired) electrons. The fourth-order valence-corrected chi connectivity index (χ4v) is 1.24. The van der Waals surface area contributed by atoms with E-state index < -0.39 is 0 Å². The molecule has 3 heteroatoms. The van der Waals surface area contributed by atoms with E-state index in [4.69, 9.17) is 10.00 Å². The number of ether oxygens (including phenoxy) is 1. The second-order valence-electron chi connectivity index (χ2n) is 3.45. The minimum absolute atomic E-state index is 0.146. The molecule has 0 amide bonds. The minimum atomic E-state index is -0.365. The van der Waals surface area contributed by atoms with Crippen molar-refractivity contribution < 1.29 is 9.53 Å². The summed E-state index contributed by atoms with van der Waals surface area (Å²) in [6.45, 7) is 3.59. The van der Waals surface area contributed by atoms with Gasteiger partial charge in [-0.1, -0.05) is 18.2 Å². The Hall–Kier alpha value is -1.82. The molecule has 0 heterocycles. The summed E-state index contributed by atoms with van der Waals surface area (Å²) in [6, 6.07) is 9.03. The van der Waals surface area contributed by atoms with Crippen molar-refractivity contribution in [3.8, 4) is 6.07 Å². The molecular formula is C12H13NO2. The van der Waals surface area contributed by atoms with E-state index in [1.165, 1.54) is 0 Å². The van der Waals surface area contributed by atoms with Crippen LogP contribution in [0.25, 0.3) is 0 Å². The highest BCUT2D eigenvalue weighted by molar-refractivity contribution is 5.91. The molecule has 0 fully saturated rings. The lowest BCUT2D eigenvalue weighted by atomic mass is 10.1. The molecular weight excluding hydrogens is 190 g/mol. The van der Waals surface area contributed by atoms with Crippen LogP contribution < -0.4 is 0 Å². The third-order valence-corrected chi connectivity index (χ3v) is 1.85. The van der Waals surface area contributed by atoms with E-state index in [0.717, 1.165) is 0 Å². The largest absolute Gasteiger partial charge is 0.459 e. The summed E-state index contributed by atoms with van der Waals surface area (Å²) < 4.78 is 5.07. The molecule has 78 valence electrons. The van der Waals surface area contributed by atoms with Crippen molar-refractivity contribution >= 4 is 5.97 Å². The second-order valence-corrected chi connectivity index (χ2v) is 3.45. The molecule has 0 aliphatic rings. The number of esters is 1. The van der Waals surface area contributed by atoms with Crippen molar-refractivity contribution in [1.29, 1.82) is 5.26 Å². The molecule has 0 aliphatic heterocycles. The van der Waals surface area contributed by atoms with E-state index in [2.05, 4.69) is 0 Å². The van der Waals surface area contributed by atoms with Gasteiger partial charge in [0, 0.05) is 0 Å². The lowest BCUT2D eigenvalue weighted by Crippen LogP contribution is -2.13. The molecule has 1 rings (SSSR count). The van der Waals surface area contributed by atoms with Gasteiger partial charge in [-0.2, -0.15) is 5.26 Å². The first-order chi connectivity index (χ1) is 7.15. The fourth-order valence-electron chi connectivity index (χ4n) is 1.24. The number of hydrogen-bond donors (Lipinski definition) is 0. The predicted molar refractivity (Wildman–Crippen MR) is 56.3 cm³/mol. The van der Waals surface area contributed by atoms with Crippen LogP contribution in [0.2, 0.25) is 0 Å². The van der Waals surface area contributed by atoms with Crippen LogP contribution in [0.1, 0.15) is 29.8 Å². The third kappa shape index (κ3) is 3.10. The number of nitriles is 1. The Morgan fingerprint density at radius 2 is 2.13 bits per heavy atom. The smallest absolute Gasteiger partial charge is 0.338 e. The van der Waals surface area contributed by atoms with Crippen LogP contribution in [0.5, 0.6) is 0 Å².